The van der Waals surface area contributed by atoms with Gasteiger partial charge in [0.15, 0.2) is 0 Å². The van der Waals surface area contributed by atoms with E-state index in [1.165, 1.54) is 22.3 Å². The molecule has 1 atom stereocenters. The van der Waals surface area contributed by atoms with E-state index >= 15 is 0 Å². The fraction of sp³-hybridized carbons (Fsp3) is 0.286. The summed E-state index contributed by atoms with van der Waals surface area (Å²) in [5.74, 6) is 0. The number of aryl methyl sites for hydroxylation is 1. The number of carbonyl (C=O) groups is 1. The summed E-state index contributed by atoms with van der Waals surface area (Å²) in [6.07, 6.45) is 4.03. The molecule has 0 spiro atoms. The first-order valence-electron chi connectivity index (χ1n) is 8.49. The van der Waals surface area contributed by atoms with Crippen molar-refractivity contribution in [3.8, 4) is 0 Å². The summed E-state index contributed by atoms with van der Waals surface area (Å²) in [4.78, 5) is 13.4. The number of hydrogen-bond acceptors (Lipinski definition) is 2. The van der Waals surface area contributed by atoms with Gasteiger partial charge in [0, 0.05) is 19.6 Å². The van der Waals surface area contributed by atoms with Gasteiger partial charge in [-0.05, 0) is 35.6 Å². The maximum absolute atomic E-state index is 11.0. The van der Waals surface area contributed by atoms with Gasteiger partial charge in [-0.2, -0.15) is 0 Å². The zero-order valence-corrected chi connectivity index (χ0v) is 14.1. The molecule has 3 nitrogen and oxygen atoms in total. The molecule has 0 bridgehead atoms. The lowest BCUT2D eigenvalue weighted by Gasteiger charge is -2.23. The predicted octanol–water partition coefficient (Wildman–Crippen LogP) is 3.40. The number of benzene rings is 2. The highest BCUT2D eigenvalue weighted by molar-refractivity contribution is 5.69. The number of amides is 1. The van der Waals surface area contributed by atoms with Crippen LogP contribution in [0.15, 0.2) is 60.7 Å². The highest BCUT2D eigenvalue weighted by atomic mass is 16.1. The first-order chi connectivity index (χ1) is 11.8. The van der Waals surface area contributed by atoms with Crippen LogP contribution in [-0.4, -0.2) is 30.4 Å². The molecule has 3 heteroatoms. The molecule has 1 aliphatic rings. The molecule has 1 aliphatic heterocycles. The molecule has 1 N–H and O–H groups in total. The average molecular weight is 320 g/mol. The zero-order valence-electron chi connectivity index (χ0n) is 14.1. The molecule has 0 radical (unpaired) electrons. The van der Waals surface area contributed by atoms with Gasteiger partial charge in [-0.25, -0.2) is 0 Å². The molecule has 2 aromatic rings. The summed E-state index contributed by atoms with van der Waals surface area (Å²) in [6.45, 7) is 4.88. The number of carbonyl (C=O) groups excluding carboxylic acids is 1. The van der Waals surface area contributed by atoms with Crippen molar-refractivity contribution in [1.29, 1.82) is 0 Å². The standard InChI is InChI=1S/C21H24N2O/c1-17-7-5-6-10-21(17)19-11-12-23(15-20(13-19)22-16-24)14-18-8-3-2-4-9-18/h2-10,13,16,20H,11-12,14-15H2,1H3,(H,22,24). The molecule has 3 rings (SSSR count). The van der Waals surface area contributed by atoms with Gasteiger partial charge < -0.3 is 5.32 Å². The monoisotopic (exact) mass is 320 g/mol. The molecule has 1 amide bonds. The minimum atomic E-state index is 0.0447. The van der Waals surface area contributed by atoms with Gasteiger partial charge in [0.1, 0.15) is 0 Å². The summed E-state index contributed by atoms with van der Waals surface area (Å²) >= 11 is 0. The molecule has 124 valence electrons. The van der Waals surface area contributed by atoms with Crippen LogP contribution in [0, 0.1) is 6.92 Å². The zero-order chi connectivity index (χ0) is 16.8. The summed E-state index contributed by atoms with van der Waals surface area (Å²) < 4.78 is 0. The van der Waals surface area contributed by atoms with Crippen molar-refractivity contribution in [2.24, 2.45) is 0 Å². The maximum atomic E-state index is 11.0. The van der Waals surface area contributed by atoms with Crippen LogP contribution in [0.25, 0.3) is 5.57 Å². The Kier molecular flexibility index (Phi) is 5.44. The maximum Gasteiger partial charge on any atom is 0.207 e. The molecule has 1 unspecified atom stereocenters. The minimum Gasteiger partial charge on any atom is -0.351 e. The third kappa shape index (κ3) is 4.12. The second-order valence-electron chi connectivity index (χ2n) is 6.37. The molecule has 0 saturated carbocycles. The van der Waals surface area contributed by atoms with Crippen LogP contribution in [0.2, 0.25) is 0 Å². The average Bonchev–Trinajstić information content (AvgIpc) is 2.79. The Bertz CT molecular complexity index is 709. The van der Waals surface area contributed by atoms with E-state index in [4.69, 9.17) is 0 Å². The Labute approximate surface area is 144 Å². The van der Waals surface area contributed by atoms with E-state index in [2.05, 4.69) is 71.7 Å². The van der Waals surface area contributed by atoms with E-state index in [0.717, 1.165) is 32.5 Å². The van der Waals surface area contributed by atoms with Gasteiger partial charge in [0.25, 0.3) is 0 Å². The van der Waals surface area contributed by atoms with Crippen LogP contribution in [-0.2, 0) is 11.3 Å². The number of nitrogens with one attached hydrogen (secondary N) is 1. The lowest BCUT2D eigenvalue weighted by atomic mass is 9.97. The second-order valence-corrected chi connectivity index (χ2v) is 6.37. The van der Waals surface area contributed by atoms with Gasteiger partial charge in [-0.1, -0.05) is 60.7 Å². The van der Waals surface area contributed by atoms with Crippen LogP contribution in [0.4, 0.5) is 0 Å². The van der Waals surface area contributed by atoms with Crippen molar-refractivity contribution >= 4 is 12.0 Å². The Hall–Kier alpha value is -2.39. The molecular formula is C21H24N2O. The Morgan fingerprint density at radius 2 is 1.88 bits per heavy atom. The highest BCUT2D eigenvalue weighted by Crippen LogP contribution is 2.25. The minimum absolute atomic E-state index is 0.0447. The molecule has 0 aromatic heterocycles. The predicted molar refractivity (Wildman–Crippen MR) is 98.5 cm³/mol. The van der Waals surface area contributed by atoms with Gasteiger partial charge in [-0.15, -0.1) is 0 Å². The largest absolute Gasteiger partial charge is 0.351 e. The van der Waals surface area contributed by atoms with E-state index in [-0.39, 0.29) is 6.04 Å². The van der Waals surface area contributed by atoms with E-state index in [1.54, 1.807) is 0 Å². The first kappa shape index (κ1) is 16.5. The van der Waals surface area contributed by atoms with E-state index in [1.807, 2.05) is 6.07 Å². The van der Waals surface area contributed by atoms with E-state index in [0.29, 0.717) is 0 Å². The summed E-state index contributed by atoms with van der Waals surface area (Å²) in [7, 11) is 0. The van der Waals surface area contributed by atoms with Crippen LogP contribution < -0.4 is 5.32 Å². The number of hydrogen-bond donors (Lipinski definition) is 1. The molecule has 0 saturated heterocycles. The van der Waals surface area contributed by atoms with Crippen LogP contribution in [0.5, 0.6) is 0 Å². The van der Waals surface area contributed by atoms with E-state index < -0.39 is 0 Å². The fourth-order valence-corrected chi connectivity index (χ4v) is 3.36. The second kappa shape index (κ2) is 7.93. The van der Waals surface area contributed by atoms with Crippen molar-refractivity contribution in [2.75, 3.05) is 13.1 Å². The Morgan fingerprint density at radius 1 is 1.12 bits per heavy atom. The van der Waals surface area contributed by atoms with Gasteiger partial charge >= 0.3 is 0 Å². The molecule has 1 heterocycles. The first-order valence-corrected chi connectivity index (χ1v) is 8.49. The van der Waals surface area contributed by atoms with Gasteiger partial charge in [-0.3, -0.25) is 9.69 Å². The van der Waals surface area contributed by atoms with Crippen molar-refractivity contribution in [1.82, 2.24) is 10.2 Å². The molecular weight excluding hydrogens is 296 g/mol. The Morgan fingerprint density at radius 3 is 2.62 bits per heavy atom. The lowest BCUT2D eigenvalue weighted by molar-refractivity contribution is -0.110. The third-order valence-corrected chi connectivity index (χ3v) is 4.58. The summed E-state index contributed by atoms with van der Waals surface area (Å²) in [5.41, 5.74) is 5.20. The quantitative estimate of drug-likeness (QED) is 0.857. The molecule has 24 heavy (non-hydrogen) atoms. The van der Waals surface area contributed by atoms with Crippen LogP contribution >= 0.6 is 0 Å². The van der Waals surface area contributed by atoms with Gasteiger partial charge in [0.05, 0.1) is 6.04 Å². The highest BCUT2D eigenvalue weighted by Gasteiger charge is 2.19. The van der Waals surface area contributed by atoms with Crippen LogP contribution in [0.3, 0.4) is 0 Å². The number of nitrogens with zero attached hydrogens (tertiary/aromatic N) is 1. The SMILES string of the molecule is Cc1ccccc1C1=CC(NC=O)CN(Cc2ccccc2)CC1. The number of rotatable bonds is 5. The molecule has 0 aliphatic carbocycles. The third-order valence-electron chi connectivity index (χ3n) is 4.58. The van der Waals surface area contributed by atoms with Crippen molar-refractivity contribution < 1.29 is 4.79 Å². The normalized spacial score (nSPS) is 18.5. The topological polar surface area (TPSA) is 32.3 Å². The van der Waals surface area contributed by atoms with Crippen molar-refractivity contribution in [2.45, 2.75) is 25.9 Å². The van der Waals surface area contributed by atoms with Crippen LogP contribution in [0.1, 0.15) is 23.1 Å². The summed E-state index contributed by atoms with van der Waals surface area (Å²) in [6, 6.07) is 19.0. The van der Waals surface area contributed by atoms with Gasteiger partial charge in [0.2, 0.25) is 6.41 Å². The summed E-state index contributed by atoms with van der Waals surface area (Å²) in [5, 5.41) is 2.96. The van der Waals surface area contributed by atoms with Crippen molar-refractivity contribution in [3.63, 3.8) is 0 Å². The van der Waals surface area contributed by atoms with E-state index in [9.17, 15) is 4.79 Å². The lowest BCUT2D eigenvalue weighted by Crippen LogP contribution is -2.38. The Balaban J connectivity index is 1.79. The molecule has 0 fully saturated rings. The smallest absolute Gasteiger partial charge is 0.207 e. The van der Waals surface area contributed by atoms with Crippen molar-refractivity contribution in [3.05, 3.63) is 77.4 Å². The molecule has 2 aromatic carbocycles. The fourth-order valence-electron chi connectivity index (χ4n) is 3.36.